The van der Waals surface area contributed by atoms with E-state index in [1.54, 1.807) is 30.3 Å². The molecule has 1 atom stereocenters. The summed E-state index contributed by atoms with van der Waals surface area (Å²) in [5.74, 6) is -2.06. The van der Waals surface area contributed by atoms with Crippen molar-refractivity contribution in [1.29, 1.82) is 0 Å². The smallest absolute Gasteiger partial charge is 0.312 e. The molecule has 1 fully saturated rings. The number of nitrogens with zero attached hydrogens (tertiary/aromatic N) is 1. The molecule has 0 bridgehead atoms. The second-order valence-corrected chi connectivity index (χ2v) is 7.51. The number of sulfonamides is 1. The van der Waals surface area contributed by atoms with E-state index in [-0.39, 0.29) is 31.2 Å². The first-order valence-corrected chi connectivity index (χ1v) is 9.03. The number of rotatable bonds is 7. The van der Waals surface area contributed by atoms with E-state index in [2.05, 4.69) is 5.32 Å². The van der Waals surface area contributed by atoms with E-state index in [4.69, 9.17) is 0 Å². The zero-order chi connectivity index (χ0) is 16.9. The summed E-state index contributed by atoms with van der Waals surface area (Å²) in [6.07, 6.45) is 0.611. The molecule has 1 aromatic carbocycles. The van der Waals surface area contributed by atoms with Crippen molar-refractivity contribution < 1.29 is 23.1 Å². The molecular weight excluding hydrogens is 320 g/mol. The number of benzene rings is 1. The molecule has 0 radical (unpaired) electrons. The van der Waals surface area contributed by atoms with Gasteiger partial charge in [0.2, 0.25) is 15.9 Å². The largest absolute Gasteiger partial charge is 0.481 e. The molecule has 2 rings (SSSR count). The summed E-state index contributed by atoms with van der Waals surface area (Å²) >= 11 is 0. The van der Waals surface area contributed by atoms with E-state index in [0.29, 0.717) is 18.5 Å². The Balaban J connectivity index is 1.84. The number of hydrogen-bond acceptors (Lipinski definition) is 4. The third kappa shape index (κ3) is 4.77. The van der Waals surface area contributed by atoms with Crippen LogP contribution >= 0.6 is 0 Å². The number of carboxylic acids is 1. The van der Waals surface area contributed by atoms with Crippen LogP contribution in [0.5, 0.6) is 0 Å². The molecule has 1 aliphatic heterocycles. The van der Waals surface area contributed by atoms with Crippen LogP contribution in [0.1, 0.15) is 24.3 Å². The molecule has 1 aliphatic rings. The van der Waals surface area contributed by atoms with Crippen LogP contribution in [0.15, 0.2) is 30.3 Å². The van der Waals surface area contributed by atoms with E-state index in [9.17, 15) is 23.1 Å². The fourth-order valence-corrected chi connectivity index (χ4v) is 4.03. The molecule has 0 spiro atoms. The second-order valence-electron chi connectivity index (χ2n) is 5.42. The Hall–Kier alpha value is -1.93. The van der Waals surface area contributed by atoms with Gasteiger partial charge in [-0.25, -0.2) is 12.7 Å². The molecular formula is C15H20N2O5S. The van der Waals surface area contributed by atoms with Gasteiger partial charge in [0, 0.05) is 26.1 Å². The van der Waals surface area contributed by atoms with E-state index in [1.807, 2.05) is 0 Å². The van der Waals surface area contributed by atoms with Crippen LogP contribution in [0.2, 0.25) is 0 Å². The molecule has 23 heavy (non-hydrogen) atoms. The summed E-state index contributed by atoms with van der Waals surface area (Å²) in [7, 11) is -3.21. The van der Waals surface area contributed by atoms with Gasteiger partial charge in [0.15, 0.2) is 0 Å². The van der Waals surface area contributed by atoms with Gasteiger partial charge in [-0.15, -0.1) is 0 Å². The van der Waals surface area contributed by atoms with E-state index in [0.717, 1.165) is 0 Å². The first-order chi connectivity index (χ1) is 10.9. The third-order valence-electron chi connectivity index (χ3n) is 3.79. The van der Waals surface area contributed by atoms with Crippen molar-refractivity contribution in [2.75, 3.05) is 25.4 Å². The van der Waals surface area contributed by atoms with Gasteiger partial charge in [-0.1, -0.05) is 30.3 Å². The lowest BCUT2D eigenvalue weighted by molar-refractivity contribution is -0.138. The highest BCUT2D eigenvalue weighted by atomic mass is 32.2. The lowest BCUT2D eigenvalue weighted by Gasteiger charge is -2.16. The molecule has 7 nitrogen and oxygen atoms in total. The summed E-state index contributed by atoms with van der Waals surface area (Å²) in [6, 6.07) is 8.66. The first-order valence-electron chi connectivity index (χ1n) is 7.42. The number of carbonyl (C=O) groups is 2. The monoisotopic (exact) mass is 340 g/mol. The maximum atomic E-state index is 11.8. The van der Waals surface area contributed by atoms with Crippen LogP contribution in [-0.4, -0.2) is 55.1 Å². The Bertz CT molecular complexity index is 660. The van der Waals surface area contributed by atoms with Crippen molar-refractivity contribution in [3.05, 3.63) is 35.9 Å². The normalized spacial score (nSPS) is 18.4. The molecule has 1 amide bonds. The van der Waals surface area contributed by atoms with Gasteiger partial charge in [0.1, 0.15) is 0 Å². The maximum Gasteiger partial charge on any atom is 0.312 e. The Morgan fingerprint density at radius 2 is 1.96 bits per heavy atom. The van der Waals surface area contributed by atoms with E-state index in [1.165, 1.54) is 4.31 Å². The lowest BCUT2D eigenvalue weighted by Crippen LogP contribution is -2.35. The highest BCUT2D eigenvalue weighted by Crippen LogP contribution is 2.15. The average molecular weight is 340 g/mol. The van der Waals surface area contributed by atoms with Gasteiger partial charge in [-0.2, -0.15) is 0 Å². The molecule has 1 heterocycles. The summed E-state index contributed by atoms with van der Waals surface area (Å²) in [5.41, 5.74) is 0.613. The number of carboxylic acid groups (broad SMARTS) is 1. The van der Waals surface area contributed by atoms with Crippen molar-refractivity contribution in [1.82, 2.24) is 9.62 Å². The quantitative estimate of drug-likeness (QED) is 0.747. The standard InChI is InChI=1S/C15H20N2O5S/c18-14(7-9-17-8-4-10-23(17,21)22)16-11-13(15(19)20)12-5-2-1-3-6-12/h1-3,5-6,13H,4,7-11H2,(H,16,18)(H,19,20). The molecule has 2 N–H and O–H groups in total. The minimum absolute atomic E-state index is 0.0229. The molecule has 0 aliphatic carbocycles. The van der Waals surface area contributed by atoms with Crippen molar-refractivity contribution in [2.24, 2.45) is 0 Å². The van der Waals surface area contributed by atoms with E-state index < -0.39 is 21.9 Å². The predicted octanol–water partition coefficient (Wildman–Crippen LogP) is 0.397. The van der Waals surface area contributed by atoms with Crippen molar-refractivity contribution in [2.45, 2.75) is 18.8 Å². The predicted molar refractivity (Wildman–Crippen MR) is 84.4 cm³/mol. The Morgan fingerprint density at radius 1 is 1.26 bits per heavy atom. The molecule has 126 valence electrons. The van der Waals surface area contributed by atoms with Crippen molar-refractivity contribution in [3.63, 3.8) is 0 Å². The average Bonchev–Trinajstić information content (AvgIpc) is 2.84. The topological polar surface area (TPSA) is 104 Å². The molecule has 1 aromatic rings. The molecule has 0 saturated carbocycles. The summed E-state index contributed by atoms with van der Waals surface area (Å²) in [6.45, 7) is 0.555. The summed E-state index contributed by atoms with van der Waals surface area (Å²) < 4.78 is 24.6. The van der Waals surface area contributed by atoms with Crippen LogP contribution in [0.25, 0.3) is 0 Å². The maximum absolute atomic E-state index is 11.8. The third-order valence-corrected chi connectivity index (χ3v) is 5.75. The second kappa shape index (κ2) is 7.56. The Labute approximate surface area is 135 Å². The minimum atomic E-state index is -3.21. The number of hydrogen-bond donors (Lipinski definition) is 2. The zero-order valence-corrected chi connectivity index (χ0v) is 13.5. The van der Waals surface area contributed by atoms with Gasteiger partial charge in [-0.3, -0.25) is 9.59 Å². The fourth-order valence-electron chi connectivity index (χ4n) is 2.51. The lowest BCUT2D eigenvalue weighted by atomic mass is 9.99. The Morgan fingerprint density at radius 3 is 2.52 bits per heavy atom. The number of nitrogens with one attached hydrogen (secondary N) is 1. The zero-order valence-electron chi connectivity index (χ0n) is 12.6. The number of carbonyl (C=O) groups excluding carboxylic acids is 1. The van der Waals surface area contributed by atoms with Crippen LogP contribution in [-0.2, 0) is 19.6 Å². The number of amides is 1. The molecule has 8 heteroatoms. The molecule has 0 aromatic heterocycles. The fraction of sp³-hybridized carbons (Fsp3) is 0.467. The van der Waals surface area contributed by atoms with Gasteiger partial charge in [0.05, 0.1) is 11.7 Å². The minimum Gasteiger partial charge on any atom is -0.481 e. The van der Waals surface area contributed by atoms with Gasteiger partial charge in [-0.05, 0) is 12.0 Å². The summed E-state index contributed by atoms with van der Waals surface area (Å²) in [5, 5.41) is 11.8. The van der Waals surface area contributed by atoms with Crippen LogP contribution in [0, 0.1) is 0 Å². The van der Waals surface area contributed by atoms with Gasteiger partial charge in [0.25, 0.3) is 0 Å². The molecule has 1 unspecified atom stereocenters. The van der Waals surface area contributed by atoms with Crippen molar-refractivity contribution >= 4 is 21.9 Å². The van der Waals surface area contributed by atoms with E-state index >= 15 is 0 Å². The van der Waals surface area contributed by atoms with Crippen LogP contribution in [0.3, 0.4) is 0 Å². The molecule has 1 saturated heterocycles. The van der Waals surface area contributed by atoms with Crippen molar-refractivity contribution in [3.8, 4) is 0 Å². The highest BCUT2D eigenvalue weighted by molar-refractivity contribution is 7.89. The van der Waals surface area contributed by atoms with Gasteiger partial charge >= 0.3 is 5.97 Å². The summed E-state index contributed by atoms with van der Waals surface area (Å²) in [4.78, 5) is 23.2. The highest BCUT2D eigenvalue weighted by Gasteiger charge is 2.28. The number of aliphatic carboxylic acids is 1. The van der Waals surface area contributed by atoms with Crippen LogP contribution < -0.4 is 5.32 Å². The van der Waals surface area contributed by atoms with Crippen LogP contribution in [0.4, 0.5) is 0 Å². The Kier molecular flexibility index (Phi) is 5.73. The van der Waals surface area contributed by atoms with Gasteiger partial charge < -0.3 is 10.4 Å². The first kappa shape index (κ1) is 17.4. The SMILES string of the molecule is O=C(CCN1CCCS1(=O)=O)NCC(C(=O)O)c1ccccc1.